The summed E-state index contributed by atoms with van der Waals surface area (Å²) < 4.78 is 16.6. The lowest BCUT2D eigenvalue weighted by Gasteiger charge is -2.17. The number of amides is 2. The molecule has 7 heteroatoms. The third-order valence-electron chi connectivity index (χ3n) is 6.00. The van der Waals surface area contributed by atoms with Crippen molar-refractivity contribution in [3.63, 3.8) is 0 Å². The number of para-hydroxylation sites is 1. The molecule has 0 aliphatic carbocycles. The van der Waals surface area contributed by atoms with Gasteiger partial charge in [0.2, 0.25) is 0 Å². The van der Waals surface area contributed by atoms with Crippen molar-refractivity contribution in [1.29, 1.82) is 0 Å². The first-order valence-corrected chi connectivity index (χ1v) is 12.0. The van der Waals surface area contributed by atoms with E-state index in [0.717, 1.165) is 16.3 Å². The molecule has 0 fully saturated rings. The predicted molar refractivity (Wildman–Crippen MR) is 145 cm³/mol. The van der Waals surface area contributed by atoms with Crippen molar-refractivity contribution in [1.82, 2.24) is 5.32 Å². The maximum absolute atomic E-state index is 12.9. The highest BCUT2D eigenvalue weighted by molar-refractivity contribution is 6.04. The van der Waals surface area contributed by atoms with Crippen LogP contribution >= 0.6 is 0 Å². The van der Waals surface area contributed by atoms with Crippen molar-refractivity contribution in [3.8, 4) is 17.2 Å². The zero-order valence-electron chi connectivity index (χ0n) is 21.1. The molecule has 1 unspecified atom stereocenters. The Bertz CT molecular complexity index is 1400. The predicted octanol–water partition coefficient (Wildman–Crippen LogP) is 5.24. The lowest BCUT2D eigenvalue weighted by Crippen LogP contribution is -2.32. The molecule has 37 heavy (non-hydrogen) atoms. The summed E-state index contributed by atoms with van der Waals surface area (Å²) in [6.07, 6.45) is -0.164. The molecule has 2 amide bonds. The summed E-state index contributed by atoms with van der Waals surface area (Å²) in [7, 11) is 3.17. The molecule has 0 saturated heterocycles. The maximum Gasteiger partial charge on any atom is 0.265 e. The van der Waals surface area contributed by atoms with Crippen molar-refractivity contribution in [2.24, 2.45) is 0 Å². The lowest BCUT2D eigenvalue weighted by molar-refractivity contribution is -0.122. The second kappa shape index (κ2) is 11.9. The Labute approximate surface area is 216 Å². The first-order valence-electron chi connectivity index (χ1n) is 12.0. The Morgan fingerprint density at radius 3 is 2.35 bits per heavy atom. The first kappa shape index (κ1) is 25.6. The highest BCUT2D eigenvalue weighted by Gasteiger charge is 2.19. The lowest BCUT2D eigenvalue weighted by atomic mass is 10.1. The molecule has 2 N–H and O–H groups in total. The van der Waals surface area contributed by atoms with Crippen molar-refractivity contribution < 1.29 is 23.8 Å². The molecule has 4 aromatic carbocycles. The Morgan fingerprint density at radius 1 is 0.811 bits per heavy atom. The van der Waals surface area contributed by atoms with Crippen LogP contribution in [-0.2, 0) is 11.2 Å². The Balaban J connectivity index is 1.38. The summed E-state index contributed by atoms with van der Waals surface area (Å²) in [6.45, 7) is 2.10. The molecule has 1 atom stereocenters. The molecule has 0 saturated carbocycles. The number of rotatable bonds is 10. The van der Waals surface area contributed by atoms with Crippen molar-refractivity contribution >= 4 is 28.3 Å². The largest absolute Gasteiger partial charge is 0.493 e. The summed E-state index contributed by atoms with van der Waals surface area (Å²) in [6, 6.07) is 26.1. The average Bonchev–Trinajstić information content (AvgIpc) is 2.93. The summed E-state index contributed by atoms with van der Waals surface area (Å²) >= 11 is 0. The Hall–Kier alpha value is -4.52. The molecule has 0 spiro atoms. The van der Waals surface area contributed by atoms with Gasteiger partial charge in [0.1, 0.15) is 5.75 Å². The van der Waals surface area contributed by atoms with E-state index in [0.29, 0.717) is 41.5 Å². The van der Waals surface area contributed by atoms with Crippen LogP contribution in [0.15, 0.2) is 84.9 Å². The summed E-state index contributed by atoms with van der Waals surface area (Å²) in [5.74, 6) is 1.29. The highest BCUT2D eigenvalue weighted by atomic mass is 16.5. The van der Waals surface area contributed by atoms with Crippen molar-refractivity contribution in [3.05, 3.63) is 96.1 Å². The Kier molecular flexibility index (Phi) is 8.26. The van der Waals surface area contributed by atoms with Gasteiger partial charge in [-0.15, -0.1) is 0 Å². The van der Waals surface area contributed by atoms with Gasteiger partial charge < -0.3 is 24.8 Å². The van der Waals surface area contributed by atoms with Crippen LogP contribution in [0.25, 0.3) is 10.8 Å². The van der Waals surface area contributed by atoms with Gasteiger partial charge in [-0.25, -0.2) is 0 Å². The van der Waals surface area contributed by atoms with E-state index in [1.54, 1.807) is 45.4 Å². The number of methoxy groups -OCH3 is 2. The smallest absolute Gasteiger partial charge is 0.265 e. The van der Waals surface area contributed by atoms with Gasteiger partial charge >= 0.3 is 0 Å². The van der Waals surface area contributed by atoms with Crippen molar-refractivity contribution in [2.75, 3.05) is 26.1 Å². The van der Waals surface area contributed by atoms with E-state index in [-0.39, 0.29) is 11.8 Å². The van der Waals surface area contributed by atoms with Crippen LogP contribution in [0.4, 0.5) is 5.69 Å². The molecule has 4 rings (SSSR count). The van der Waals surface area contributed by atoms with Crippen LogP contribution in [0.2, 0.25) is 0 Å². The highest BCUT2D eigenvalue weighted by Crippen LogP contribution is 2.28. The number of benzene rings is 4. The molecule has 0 heterocycles. The van der Waals surface area contributed by atoms with Crippen molar-refractivity contribution in [2.45, 2.75) is 19.4 Å². The quantitative estimate of drug-likeness (QED) is 0.313. The van der Waals surface area contributed by atoms with Crippen LogP contribution in [0.3, 0.4) is 0 Å². The van der Waals surface area contributed by atoms with Crippen LogP contribution in [-0.4, -0.2) is 38.7 Å². The monoisotopic (exact) mass is 498 g/mol. The minimum absolute atomic E-state index is 0.279. The van der Waals surface area contributed by atoms with Gasteiger partial charge in [0.05, 0.1) is 25.5 Å². The number of anilines is 1. The molecular formula is C30H30N2O5. The van der Waals surface area contributed by atoms with Crippen LogP contribution < -0.4 is 24.8 Å². The minimum Gasteiger partial charge on any atom is -0.493 e. The fourth-order valence-corrected chi connectivity index (χ4v) is 4.02. The molecule has 190 valence electrons. The van der Waals surface area contributed by atoms with Gasteiger partial charge in [0.25, 0.3) is 11.8 Å². The fraction of sp³-hybridized carbons (Fsp3) is 0.200. The second-order valence-corrected chi connectivity index (χ2v) is 8.47. The molecule has 0 aromatic heterocycles. The van der Waals surface area contributed by atoms with E-state index >= 15 is 0 Å². The maximum atomic E-state index is 12.9. The molecule has 0 aliphatic rings. The fourth-order valence-electron chi connectivity index (χ4n) is 4.02. The van der Waals surface area contributed by atoms with Crippen LogP contribution in [0.5, 0.6) is 17.2 Å². The SMILES string of the molecule is COc1ccc(CCNC(=O)c2ccccc2NC(=O)C(C)Oc2cccc3ccccc23)cc1OC. The van der Waals surface area contributed by atoms with E-state index in [1.807, 2.05) is 60.7 Å². The summed E-state index contributed by atoms with van der Waals surface area (Å²) in [5.41, 5.74) is 1.80. The second-order valence-electron chi connectivity index (χ2n) is 8.47. The zero-order valence-corrected chi connectivity index (χ0v) is 21.1. The molecule has 0 bridgehead atoms. The van der Waals surface area contributed by atoms with Crippen LogP contribution in [0.1, 0.15) is 22.8 Å². The van der Waals surface area contributed by atoms with E-state index < -0.39 is 6.10 Å². The third kappa shape index (κ3) is 6.19. The standard InChI is InChI=1S/C30H30N2O5/c1-20(37-26-14-8-10-22-9-4-5-11-23(22)26)29(33)32-25-13-7-6-12-24(25)30(34)31-18-17-21-15-16-27(35-2)28(19-21)36-3/h4-16,19-20H,17-18H2,1-3H3,(H,31,34)(H,32,33). The normalized spacial score (nSPS) is 11.4. The van der Waals surface area contributed by atoms with Gasteiger partial charge in [0, 0.05) is 11.9 Å². The first-order chi connectivity index (χ1) is 18.0. The number of carbonyl (C=O) groups excluding carboxylic acids is 2. The summed E-state index contributed by atoms with van der Waals surface area (Å²) in [4.78, 5) is 25.9. The molecule has 4 aromatic rings. The van der Waals surface area contributed by atoms with E-state index in [1.165, 1.54) is 0 Å². The van der Waals surface area contributed by atoms with Gasteiger partial charge in [-0.05, 0) is 54.6 Å². The number of carbonyl (C=O) groups is 2. The Morgan fingerprint density at radius 2 is 1.54 bits per heavy atom. The molecular weight excluding hydrogens is 468 g/mol. The number of fused-ring (bicyclic) bond motifs is 1. The topological polar surface area (TPSA) is 85.9 Å². The van der Waals surface area contributed by atoms with E-state index in [9.17, 15) is 9.59 Å². The number of hydrogen-bond acceptors (Lipinski definition) is 5. The third-order valence-corrected chi connectivity index (χ3v) is 6.00. The van der Waals surface area contributed by atoms with Gasteiger partial charge in [-0.3, -0.25) is 9.59 Å². The van der Waals surface area contributed by atoms with Gasteiger partial charge in [-0.2, -0.15) is 0 Å². The molecule has 7 nitrogen and oxygen atoms in total. The van der Waals surface area contributed by atoms with Crippen LogP contribution in [0, 0.1) is 0 Å². The van der Waals surface area contributed by atoms with Gasteiger partial charge in [0.15, 0.2) is 17.6 Å². The average molecular weight is 499 g/mol. The minimum atomic E-state index is -0.771. The zero-order chi connectivity index (χ0) is 26.2. The number of hydrogen-bond donors (Lipinski definition) is 2. The summed E-state index contributed by atoms with van der Waals surface area (Å²) in [5, 5.41) is 7.72. The number of nitrogens with one attached hydrogen (secondary N) is 2. The van der Waals surface area contributed by atoms with Gasteiger partial charge in [-0.1, -0.05) is 54.6 Å². The molecule has 0 radical (unpaired) electrons. The van der Waals surface area contributed by atoms with E-state index in [2.05, 4.69) is 10.6 Å². The number of ether oxygens (including phenoxy) is 3. The van der Waals surface area contributed by atoms with E-state index in [4.69, 9.17) is 14.2 Å². The molecule has 0 aliphatic heterocycles.